The molecule has 5 heteroatoms. The van der Waals surface area contributed by atoms with Crippen molar-refractivity contribution >= 4 is 12.0 Å². The van der Waals surface area contributed by atoms with Gasteiger partial charge in [-0.3, -0.25) is 4.79 Å². The van der Waals surface area contributed by atoms with Gasteiger partial charge in [0, 0.05) is 36.8 Å². The summed E-state index contributed by atoms with van der Waals surface area (Å²) in [6.07, 6.45) is 5.09. The fourth-order valence-electron chi connectivity index (χ4n) is 2.34. The van der Waals surface area contributed by atoms with Gasteiger partial charge in [-0.2, -0.15) is 0 Å². The molecule has 0 spiro atoms. The molecule has 1 fully saturated rings. The number of rotatable bonds is 4. The molecule has 1 aromatic rings. The van der Waals surface area contributed by atoms with Crippen LogP contribution in [0, 0.1) is 0 Å². The summed E-state index contributed by atoms with van der Waals surface area (Å²) >= 11 is 0. The molecule has 0 saturated carbocycles. The van der Waals surface area contributed by atoms with Crippen LogP contribution in [-0.4, -0.2) is 44.2 Å². The first-order valence-electron chi connectivity index (χ1n) is 7.08. The standard InChI is InChI=1S/C16H22N2O3/c1-20-14-5-3-12(15(11-14)21-2)4-6-16(19)18-9-7-13(17)8-10-18/h3-6,11,13H,7-10,17H2,1-2H3/b6-4+. The number of carbonyl (C=O) groups is 1. The Morgan fingerprint density at radius 1 is 1.29 bits per heavy atom. The molecule has 1 amide bonds. The molecular formula is C16H22N2O3. The van der Waals surface area contributed by atoms with E-state index in [9.17, 15) is 4.79 Å². The van der Waals surface area contributed by atoms with Gasteiger partial charge in [0.1, 0.15) is 11.5 Å². The minimum atomic E-state index is 0.0137. The van der Waals surface area contributed by atoms with Crippen molar-refractivity contribution in [2.45, 2.75) is 18.9 Å². The number of nitrogens with zero attached hydrogens (tertiary/aromatic N) is 1. The number of hydrogen-bond acceptors (Lipinski definition) is 4. The quantitative estimate of drug-likeness (QED) is 0.857. The van der Waals surface area contributed by atoms with Crippen LogP contribution in [0.2, 0.25) is 0 Å². The van der Waals surface area contributed by atoms with Gasteiger partial charge in [-0.05, 0) is 31.1 Å². The summed E-state index contributed by atoms with van der Waals surface area (Å²) in [5, 5.41) is 0. The van der Waals surface area contributed by atoms with Crippen molar-refractivity contribution in [1.29, 1.82) is 0 Å². The Morgan fingerprint density at radius 3 is 2.62 bits per heavy atom. The maximum Gasteiger partial charge on any atom is 0.246 e. The summed E-state index contributed by atoms with van der Waals surface area (Å²) in [6.45, 7) is 1.45. The molecule has 0 bridgehead atoms. The lowest BCUT2D eigenvalue weighted by Crippen LogP contribution is -2.42. The lowest BCUT2D eigenvalue weighted by molar-refractivity contribution is -0.126. The van der Waals surface area contributed by atoms with Crippen LogP contribution in [0.15, 0.2) is 24.3 Å². The van der Waals surface area contributed by atoms with Gasteiger partial charge in [-0.25, -0.2) is 0 Å². The number of nitrogens with two attached hydrogens (primary N) is 1. The molecule has 2 rings (SSSR count). The van der Waals surface area contributed by atoms with Crippen molar-refractivity contribution in [2.24, 2.45) is 5.73 Å². The lowest BCUT2D eigenvalue weighted by atomic mass is 10.1. The molecule has 5 nitrogen and oxygen atoms in total. The van der Waals surface area contributed by atoms with E-state index in [1.165, 1.54) is 0 Å². The van der Waals surface area contributed by atoms with E-state index in [1.54, 1.807) is 32.4 Å². The highest BCUT2D eigenvalue weighted by Crippen LogP contribution is 2.25. The Morgan fingerprint density at radius 2 is 2.00 bits per heavy atom. The largest absolute Gasteiger partial charge is 0.497 e. The molecule has 1 aromatic carbocycles. The first kappa shape index (κ1) is 15.4. The van der Waals surface area contributed by atoms with E-state index in [2.05, 4.69) is 0 Å². The molecule has 1 heterocycles. The summed E-state index contributed by atoms with van der Waals surface area (Å²) in [7, 11) is 3.20. The molecule has 0 radical (unpaired) electrons. The van der Waals surface area contributed by atoms with Gasteiger partial charge in [-0.15, -0.1) is 0 Å². The Hall–Kier alpha value is -2.01. The topological polar surface area (TPSA) is 64.8 Å². The fraction of sp³-hybridized carbons (Fsp3) is 0.438. The predicted molar refractivity (Wildman–Crippen MR) is 82.4 cm³/mol. The maximum atomic E-state index is 12.1. The van der Waals surface area contributed by atoms with E-state index >= 15 is 0 Å². The van der Waals surface area contributed by atoms with Gasteiger partial charge in [0.05, 0.1) is 14.2 Å². The van der Waals surface area contributed by atoms with E-state index in [4.69, 9.17) is 15.2 Å². The van der Waals surface area contributed by atoms with Crippen LogP contribution in [0.1, 0.15) is 18.4 Å². The highest BCUT2D eigenvalue weighted by molar-refractivity contribution is 5.92. The van der Waals surface area contributed by atoms with Crippen LogP contribution in [0.5, 0.6) is 11.5 Å². The Bertz CT molecular complexity index is 520. The number of methoxy groups -OCH3 is 2. The maximum absolute atomic E-state index is 12.1. The van der Waals surface area contributed by atoms with Crippen molar-refractivity contribution in [3.63, 3.8) is 0 Å². The molecule has 0 unspecified atom stereocenters. The minimum absolute atomic E-state index is 0.0137. The Balaban J connectivity index is 2.05. The summed E-state index contributed by atoms with van der Waals surface area (Å²) in [5.74, 6) is 1.42. The van der Waals surface area contributed by atoms with Gasteiger partial charge in [0.25, 0.3) is 0 Å². The number of carbonyl (C=O) groups excluding carboxylic acids is 1. The highest BCUT2D eigenvalue weighted by atomic mass is 16.5. The third-order valence-electron chi connectivity index (χ3n) is 3.70. The highest BCUT2D eigenvalue weighted by Gasteiger charge is 2.18. The van der Waals surface area contributed by atoms with Crippen molar-refractivity contribution in [3.05, 3.63) is 29.8 Å². The zero-order valence-electron chi connectivity index (χ0n) is 12.5. The Labute approximate surface area is 125 Å². The van der Waals surface area contributed by atoms with E-state index in [1.807, 2.05) is 17.0 Å². The number of benzene rings is 1. The molecule has 1 saturated heterocycles. The number of piperidine rings is 1. The fourth-order valence-corrected chi connectivity index (χ4v) is 2.34. The molecule has 0 aromatic heterocycles. The number of ether oxygens (including phenoxy) is 2. The zero-order chi connectivity index (χ0) is 15.2. The van der Waals surface area contributed by atoms with E-state index in [0.717, 1.165) is 37.2 Å². The SMILES string of the molecule is COc1ccc(/C=C/C(=O)N2CCC(N)CC2)c(OC)c1. The van der Waals surface area contributed by atoms with E-state index in [0.29, 0.717) is 5.75 Å². The second-order valence-electron chi connectivity index (χ2n) is 5.10. The van der Waals surface area contributed by atoms with Gasteiger partial charge < -0.3 is 20.1 Å². The number of amides is 1. The molecule has 1 aliphatic rings. The third kappa shape index (κ3) is 3.98. The van der Waals surface area contributed by atoms with Crippen molar-refractivity contribution in [2.75, 3.05) is 27.3 Å². The summed E-state index contributed by atoms with van der Waals surface area (Å²) < 4.78 is 10.5. The van der Waals surface area contributed by atoms with Crippen LogP contribution in [-0.2, 0) is 4.79 Å². The van der Waals surface area contributed by atoms with Crippen LogP contribution in [0.4, 0.5) is 0 Å². The predicted octanol–water partition coefficient (Wildman–Crippen LogP) is 1.67. The van der Waals surface area contributed by atoms with E-state index in [-0.39, 0.29) is 11.9 Å². The monoisotopic (exact) mass is 290 g/mol. The van der Waals surface area contributed by atoms with Crippen LogP contribution in [0.3, 0.4) is 0 Å². The second-order valence-corrected chi connectivity index (χ2v) is 5.10. The normalized spacial score (nSPS) is 16.2. The average Bonchev–Trinajstić information content (AvgIpc) is 2.53. The molecule has 0 atom stereocenters. The average molecular weight is 290 g/mol. The van der Waals surface area contributed by atoms with Crippen LogP contribution in [0.25, 0.3) is 6.08 Å². The molecule has 0 aliphatic carbocycles. The summed E-state index contributed by atoms with van der Waals surface area (Å²) in [6, 6.07) is 5.73. The number of hydrogen-bond donors (Lipinski definition) is 1. The summed E-state index contributed by atoms with van der Waals surface area (Å²) in [5.41, 5.74) is 6.69. The second kappa shape index (κ2) is 7.13. The zero-order valence-corrected chi connectivity index (χ0v) is 12.5. The molecule has 2 N–H and O–H groups in total. The van der Waals surface area contributed by atoms with Crippen molar-refractivity contribution < 1.29 is 14.3 Å². The van der Waals surface area contributed by atoms with Crippen LogP contribution < -0.4 is 15.2 Å². The lowest BCUT2D eigenvalue weighted by Gasteiger charge is -2.29. The molecule has 1 aliphatic heterocycles. The summed E-state index contributed by atoms with van der Waals surface area (Å²) in [4.78, 5) is 14.0. The van der Waals surface area contributed by atoms with Crippen molar-refractivity contribution in [3.8, 4) is 11.5 Å². The number of likely N-dealkylation sites (tertiary alicyclic amines) is 1. The van der Waals surface area contributed by atoms with Gasteiger partial charge in [-0.1, -0.05) is 0 Å². The molecule has 21 heavy (non-hydrogen) atoms. The van der Waals surface area contributed by atoms with Gasteiger partial charge in [0.2, 0.25) is 5.91 Å². The smallest absolute Gasteiger partial charge is 0.246 e. The first-order valence-corrected chi connectivity index (χ1v) is 7.08. The minimum Gasteiger partial charge on any atom is -0.497 e. The molecule has 114 valence electrons. The molecular weight excluding hydrogens is 268 g/mol. The van der Waals surface area contributed by atoms with Gasteiger partial charge >= 0.3 is 0 Å². The van der Waals surface area contributed by atoms with Crippen LogP contribution >= 0.6 is 0 Å². The van der Waals surface area contributed by atoms with Crippen molar-refractivity contribution in [1.82, 2.24) is 4.90 Å². The van der Waals surface area contributed by atoms with E-state index < -0.39 is 0 Å². The third-order valence-corrected chi connectivity index (χ3v) is 3.70. The Kier molecular flexibility index (Phi) is 5.22. The van der Waals surface area contributed by atoms with Gasteiger partial charge in [0.15, 0.2) is 0 Å². The first-order chi connectivity index (χ1) is 10.1.